The molecule has 2 saturated heterocycles. The summed E-state index contributed by atoms with van der Waals surface area (Å²) >= 11 is 0. The fourth-order valence-corrected chi connectivity index (χ4v) is 3.19. The van der Waals surface area contributed by atoms with Crippen LogP contribution in [0.2, 0.25) is 0 Å². The van der Waals surface area contributed by atoms with Crippen molar-refractivity contribution in [2.45, 2.75) is 44.2 Å². The molecule has 2 aliphatic rings. The molecule has 0 amide bonds. The topological polar surface area (TPSA) is 130 Å². The number of nitrogens with two attached hydrogens (primary N) is 1. The van der Waals surface area contributed by atoms with Crippen molar-refractivity contribution in [1.82, 2.24) is 25.0 Å². The molecule has 0 saturated carbocycles. The summed E-state index contributed by atoms with van der Waals surface area (Å²) in [4.78, 5) is 12.4. The van der Waals surface area contributed by atoms with Gasteiger partial charge in [0.2, 0.25) is 0 Å². The Morgan fingerprint density at radius 2 is 2.09 bits per heavy atom. The molecular weight excluding hydrogens is 304 g/mol. The molecule has 124 valence electrons. The van der Waals surface area contributed by atoms with Gasteiger partial charge >= 0.3 is 0 Å². The number of fused-ring (bicyclic) bond motifs is 2. The second-order valence-corrected chi connectivity index (χ2v) is 6.08. The predicted octanol–water partition coefficient (Wildman–Crippen LogP) is -0.195. The number of nitrogen functional groups attached to an aromatic ring is 1. The summed E-state index contributed by atoms with van der Waals surface area (Å²) in [5.41, 5.74) is 9.03. The van der Waals surface area contributed by atoms with Gasteiger partial charge in [-0.15, -0.1) is 0 Å². The molecule has 4 atom stereocenters. The van der Waals surface area contributed by atoms with Crippen molar-refractivity contribution >= 4 is 17.0 Å². The molecule has 0 unspecified atom stereocenters. The summed E-state index contributed by atoms with van der Waals surface area (Å²) in [7, 11) is 0. The molecule has 10 heteroatoms. The van der Waals surface area contributed by atoms with E-state index in [1.165, 1.54) is 6.33 Å². The van der Waals surface area contributed by atoms with Crippen LogP contribution < -0.4 is 11.2 Å². The lowest BCUT2D eigenvalue weighted by molar-refractivity contribution is -0.197. The van der Waals surface area contributed by atoms with E-state index >= 15 is 0 Å². The number of nitrogens with one attached hydrogen (secondary N) is 1. The Labute approximate surface area is 131 Å². The first-order chi connectivity index (χ1) is 11.0. The van der Waals surface area contributed by atoms with Crippen LogP contribution in [-0.4, -0.2) is 55.4 Å². The Hall–Kier alpha value is -1.85. The minimum Gasteiger partial charge on any atom is -0.382 e. The third-order valence-electron chi connectivity index (χ3n) is 4.08. The lowest BCUT2D eigenvalue weighted by atomic mass is 10.1. The van der Waals surface area contributed by atoms with Gasteiger partial charge in [0.05, 0.1) is 6.33 Å². The maximum atomic E-state index is 9.02. The Morgan fingerprint density at radius 3 is 2.87 bits per heavy atom. The zero-order valence-electron chi connectivity index (χ0n) is 12.7. The highest BCUT2D eigenvalue weighted by Gasteiger charge is 2.56. The molecule has 4 rings (SSSR count). The molecule has 0 bridgehead atoms. The number of hydrogen-bond donors (Lipinski definition) is 3. The summed E-state index contributed by atoms with van der Waals surface area (Å²) in [6, 6.07) is 0. The standard InChI is InChI=1S/C13H18N6O4/c1-13(2)22-8-6(3-18-20)21-12(9(8)23-13)19-5-17-7-10(14)15-4-16-11(7)19/h4-6,8-9,12,18,20H,3H2,1-2H3,(H2,14,15,16)/t6-,8-,9-,12-/m1/s1. The number of nitrogens with zero attached hydrogens (tertiary/aromatic N) is 4. The second kappa shape index (κ2) is 5.08. The summed E-state index contributed by atoms with van der Waals surface area (Å²) in [5, 5.41) is 9.02. The van der Waals surface area contributed by atoms with E-state index in [0.29, 0.717) is 17.0 Å². The van der Waals surface area contributed by atoms with Crippen LogP contribution in [0, 0.1) is 0 Å². The van der Waals surface area contributed by atoms with E-state index in [0.717, 1.165) is 0 Å². The van der Waals surface area contributed by atoms with Gasteiger partial charge in [0.1, 0.15) is 30.2 Å². The van der Waals surface area contributed by atoms with Crippen molar-refractivity contribution in [2.24, 2.45) is 0 Å². The Bertz CT molecular complexity index is 734. The van der Waals surface area contributed by atoms with Crippen LogP contribution in [0.4, 0.5) is 5.82 Å². The SMILES string of the molecule is CC1(C)O[C@@H]2[C@H](O1)[C@@H](CNO)O[C@H]2n1cnc2c(N)ncnc21. The molecule has 2 aromatic heterocycles. The van der Waals surface area contributed by atoms with E-state index in [2.05, 4.69) is 20.4 Å². The van der Waals surface area contributed by atoms with Crippen LogP contribution in [0.1, 0.15) is 20.1 Å². The number of ether oxygens (including phenoxy) is 3. The van der Waals surface area contributed by atoms with Gasteiger partial charge in [0, 0.05) is 6.54 Å². The van der Waals surface area contributed by atoms with Crippen LogP contribution >= 0.6 is 0 Å². The van der Waals surface area contributed by atoms with Crippen molar-refractivity contribution in [3.63, 3.8) is 0 Å². The molecule has 0 aromatic carbocycles. The number of aromatic nitrogens is 4. The molecule has 2 aromatic rings. The van der Waals surface area contributed by atoms with E-state index in [-0.39, 0.29) is 24.9 Å². The summed E-state index contributed by atoms with van der Waals surface area (Å²) in [5.74, 6) is -0.420. The fourth-order valence-electron chi connectivity index (χ4n) is 3.19. The third kappa shape index (κ3) is 2.26. The second-order valence-electron chi connectivity index (χ2n) is 6.08. The van der Waals surface area contributed by atoms with Crippen molar-refractivity contribution in [1.29, 1.82) is 0 Å². The molecule has 0 spiro atoms. The smallest absolute Gasteiger partial charge is 0.167 e. The summed E-state index contributed by atoms with van der Waals surface area (Å²) < 4.78 is 19.7. The lowest BCUT2D eigenvalue weighted by Crippen LogP contribution is -2.36. The van der Waals surface area contributed by atoms with Crippen LogP contribution in [0.15, 0.2) is 12.7 Å². The highest BCUT2D eigenvalue weighted by Crippen LogP contribution is 2.43. The predicted molar refractivity (Wildman–Crippen MR) is 77.3 cm³/mol. The van der Waals surface area contributed by atoms with Crippen LogP contribution in [-0.2, 0) is 14.2 Å². The minimum absolute atomic E-state index is 0.223. The Morgan fingerprint density at radius 1 is 1.30 bits per heavy atom. The molecule has 2 fully saturated rings. The monoisotopic (exact) mass is 322 g/mol. The molecule has 10 nitrogen and oxygen atoms in total. The largest absolute Gasteiger partial charge is 0.382 e. The normalized spacial score (nSPS) is 32.5. The number of hydroxylamine groups is 1. The number of hydrogen-bond acceptors (Lipinski definition) is 9. The molecule has 23 heavy (non-hydrogen) atoms. The highest BCUT2D eigenvalue weighted by molar-refractivity contribution is 5.81. The van der Waals surface area contributed by atoms with Crippen molar-refractivity contribution in [2.75, 3.05) is 12.3 Å². The van der Waals surface area contributed by atoms with E-state index in [1.807, 2.05) is 13.8 Å². The lowest BCUT2D eigenvalue weighted by Gasteiger charge is -2.24. The zero-order chi connectivity index (χ0) is 16.2. The molecule has 4 N–H and O–H groups in total. The third-order valence-corrected chi connectivity index (χ3v) is 4.08. The highest BCUT2D eigenvalue weighted by atomic mass is 16.8. The van der Waals surface area contributed by atoms with Crippen molar-refractivity contribution in [3.8, 4) is 0 Å². The quantitative estimate of drug-likeness (QED) is 0.658. The van der Waals surface area contributed by atoms with E-state index in [1.54, 1.807) is 10.9 Å². The first-order valence-corrected chi connectivity index (χ1v) is 7.31. The number of rotatable bonds is 3. The number of imidazole rings is 1. The Balaban J connectivity index is 1.74. The van der Waals surface area contributed by atoms with E-state index in [4.69, 9.17) is 25.2 Å². The van der Waals surface area contributed by atoms with Crippen molar-refractivity contribution in [3.05, 3.63) is 12.7 Å². The van der Waals surface area contributed by atoms with Gasteiger partial charge in [0.25, 0.3) is 0 Å². The average Bonchev–Trinajstić information content (AvgIpc) is 3.13. The fraction of sp³-hybridized carbons (Fsp3) is 0.615. The average molecular weight is 322 g/mol. The first-order valence-electron chi connectivity index (χ1n) is 7.31. The molecule has 0 aliphatic carbocycles. The first kappa shape index (κ1) is 14.7. The van der Waals surface area contributed by atoms with Gasteiger partial charge < -0.3 is 25.2 Å². The number of anilines is 1. The van der Waals surface area contributed by atoms with E-state index in [9.17, 15) is 0 Å². The van der Waals surface area contributed by atoms with Crippen LogP contribution in [0.3, 0.4) is 0 Å². The van der Waals surface area contributed by atoms with Crippen molar-refractivity contribution < 1.29 is 19.4 Å². The van der Waals surface area contributed by atoms with Gasteiger partial charge in [-0.05, 0) is 13.8 Å². The molecular formula is C13H18N6O4. The zero-order valence-corrected chi connectivity index (χ0v) is 12.7. The molecule has 0 radical (unpaired) electrons. The van der Waals surface area contributed by atoms with Gasteiger partial charge in [-0.1, -0.05) is 0 Å². The van der Waals surface area contributed by atoms with Gasteiger partial charge in [0.15, 0.2) is 23.5 Å². The van der Waals surface area contributed by atoms with Gasteiger partial charge in [-0.3, -0.25) is 4.57 Å². The van der Waals surface area contributed by atoms with E-state index < -0.39 is 12.0 Å². The van der Waals surface area contributed by atoms with Gasteiger partial charge in [-0.25, -0.2) is 20.4 Å². The minimum atomic E-state index is -0.727. The summed E-state index contributed by atoms with van der Waals surface area (Å²) in [6.07, 6.45) is 1.46. The maximum absolute atomic E-state index is 9.02. The Kier molecular flexibility index (Phi) is 3.25. The summed E-state index contributed by atoms with van der Waals surface area (Å²) in [6.45, 7) is 3.91. The van der Waals surface area contributed by atoms with Gasteiger partial charge in [-0.2, -0.15) is 0 Å². The van der Waals surface area contributed by atoms with Crippen LogP contribution in [0.5, 0.6) is 0 Å². The maximum Gasteiger partial charge on any atom is 0.167 e. The van der Waals surface area contributed by atoms with Crippen LogP contribution in [0.25, 0.3) is 11.2 Å². The molecule has 2 aliphatic heterocycles. The molecule has 4 heterocycles.